The van der Waals surface area contributed by atoms with Crippen LogP contribution in [-0.2, 0) is 13.6 Å². The lowest BCUT2D eigenvalue weighted by Gasteiger charge is -2.20. The van der Waals surface area contributed by atoms with Crippen LogP contribution in [-0.4, -0.2) is 21.8 Å². The summed E-state index contributed by atoms with van der Waals surface area (Å²) >= 11 is 2.84. The highest BCUT2D eigenvalue weighted by Gasteiger charge is 2.33. The average Bonchev–Trinajstić information content (AvgIpc) is 1.99. The summed E-state index contributed by atoms with van der Waals surface area (Å²) < 4.78 is 22.0. The number of halogens is 1. The monoisotopic (exact) mass is 287 g/mol. The molecule has 0 amide bonds. The molecule has 0 radical (unpaired) electrons. The number of nitrogens with zero attached hydrogens (tertiary/aromatic N) is 1. The van der Waals surface area contributed by atoms with Crippen LogP contribution in [0.15, 0.2) is 5.16 Å². The van der Waals surface area contributed by atoms with Crippen molar-refractivity contribution >= 4 is 27.9 Å². The highest BCUT2D eigenvalue weighted by molar-refractivity contribution is 9.20. The summed E-state index contributed by atoms with van der Waals surface area (Å²) in [6.45, 7) is 6.87. The summed E-state index contributed by atoms with van der Waals surface area (Å²) in [4.78, 5) is 0. The Bertz CT molecular complexity index is 240. The summed E-state index contributed by atoms with van der Waals surface area (Å²) in [5.41, 5.74) is 0. The molecular formula is C7H15BrNO4P. The van der Waals surface area contributed by atoms with Gasteiger partial charge in [-0.1, -0.05) is 5.16 Å². The third-order valence-electron chi connectivity index (χ3n) is 1.01. The lowest BCUT2D eigenvalue weighted by Crippen LogP contribution is -2.11. The number of hydrogen-bond donors (Lipinski definition) is 1. The molecule has 0 heterocycles. The van der Waals surface area contributed by atoms with Crippen molar-refractivity contribution in [3.63, 3.8) is 0 Å². The van der Waals surface area contributed by atoms with Crippen LogP contribution < -0.4 is 0 Å². The van der Waals surface area contributed by atoms with Crippen molar-refractivity contribution in [2.75, 3.05) is 0 Å². The van der Waals surface area contributed by atoms with E-state index in [1.54, 1.807) is 27.7 Å². The zero-order valence-corrected chi connectivity index (χ0v) is 11.1. The molecule has 0 saturated heterocycles. The molecule has 84 valence electrons. The van der Waals surface area contributed by atoms with Crippen molar-refractivity contribution in [1.29, 1.82) is 0 Å². The van der Waals surface area contributed by atoms with Crippen LogP contribution in [0, 0.1) is 0 Å². The first-order valence-electron chi connectivity index (χ1n) is 4.16. The van der Waals surface area contributed by atoms with Crippen LogP contribution in [0.4, 0.5) is 0 Å². The van der Waals surface area contributed by atoms with E-state index in [0.29, 0.717) is 0 Å². The fourth-order valence-electron chi connectivity index (χ4n) is 0.722. The number of hydrogen-bond acceptors (Lipinski definition) is 5. The molecule has 0 rings (SSSR count). The molecule has 0 aromatic heterocycles. The molecule has 0 unspecified atom stereocenters. The first-order valence-corrected chi connectivity index (χ1v) is 6.50. The Kier molecular flexibility index (Phi) is 5.90. The van der Waals surface area contributed by atoms with E-state index >= 15 is 0 Å². The van der Waals surface area contributed by atoms with E-state index in [1.807, 2.05) is 0 Å². The largest absolute Gasteiger partial charge is 0.410 e. The topological polar surface area (TPSA) is 68.1 Å². The molecule has 0 bridgehead atoms. The van der Waals surface area contributed by atoms with E-state index in [4.69, 9.17) is 14.3 Å². The minimum absolute atomic E-state index is 0.215. The fourth-order valence-corrected chi connectivity index (χ4v) is 2.67. The second-order valence-electron chi connectivity index (χ2n) is 3.17. The molecule has 14 heavy (non-hydrogen) atoms. The van der Waals surface area contributed by atoms with Crippen molar-refractivity contribution in [3.8, 4) is 0 Å². The molecule has 0 aromatic rings. The summed E-state index contributed by atoms with van der Waals surface area (Å²) in [6, 6.07) is 0. The van der Waals surface area contributed by atoms with Crippen molar-refractivity contribution in [2.45, 2.75) is 39.9 Å². The predicted octanol–water partition coefficient (Wildman–Crippen LogP) is 3.17. The summed E-state index contributed by atoms with van der Waals surface area (Å²) in [7, 11) is -3.51. The van der Waals surface area contributed by atoms with E-state index in [2.05, 4.69) is 21.1 Å². The Morgan fingerprint density at radius 1 is 1.29 bits per heavy atom. The fraction of sp³-hybridized carbons (Fsp3) is 0.857. The van der Waals surface area contributed by atoms with Gasteiger partial charge in [-0.15, -0.1) is 0 Å². The first kappa shape index (κ1) is 14.1. The first-order chi connectivity index (χ1) is 6.31. The Hall–Kier alpha value is 0.100. The van der Waals surface area contributed by atoms with Gasteiger partial charge in [0.1, 0.15) is 0 Å². The Labute approximate surface area is 92.1 Å². The van der Waals surface area contributed by atoms with Gasteiger partial charge in [-0.25, -0.2) is 0 Å². The molecule has 0 aromatic carbocycles. The maximum Gasteiger partial charge on any atom is 0.390 e. The molecular weight excluding hydrogens is 273 g/mol. The van der Waals surface area contributed by atoms with E-state index in [0.717, 1.165) is 0 Å². The molecule has 1 N–H and O–H groups in total. The van der Waals surface area contributed by atoms with E-state index < -0.39 is 7.60 Å². The molecule has 0 aliphatic rings. The molecule has 7 heteroatoms. The van der Waals surface area contributed by atoms with Crippen molar-refractivity contribution in [3.05, 3.63) is 0 Å². The Balaban J connectivity index is 4.77. The predicted molar refractivity (Wildman–Crippen MR) is 58.2 cm³/mol. The van der Waals surface area contributed by atoms with Gasteiger partial charge in [0, 0.05) is 0 Å². The van der Waals surface area contributed by atoms with Crippen molar-refractivity contribution in [2.24, 2.45) is 5.16 Å². The SMILES string of the molecule is CC(C)OP(=O)(OC(C)C)C(Br)=NO. The number of rotatable bonds is 5. The zero-order valence-electron chi connectivity index (χ0n) is 8.60. The molecule has 0 fully saturated rings. The smallest absolute Gasteiger partial charge is 0.390 e. The Morgan fingerprint density at radius 3 is 1.86 bits per heavy atom. The summed E-state index contributed by atoms with van der Waals surface area (Å²) in [5.74, 6) is 0. The van der Waals surface area contributed by atoms with Gasteiger partial charge in [-0.2, -0.15) is 0 Å². The van der Waals surface area contributed by atoms with E-state index in [9.17, 15) is 4.57 Å². The van der Waals surface area contributed by atoms with Gasteiger partial charge in [0.25, 0.3) is 0 Å². The van der Waals surface area contributed by atoms with Crippen LogP contribution in [0.5, 0.6) is 0 Å². The lowest BCUT2D eigenvalue weighted by molar-refractivity contribution is 0.152. The van der Waals surface area contributed by atoms with E-state index in [1.165, 1.54) is 0 Å². The van der Waals surface area contributed by atoms with Crippen molar-refractivity contribution < 1.29 is 18.8 Å². The number of oxime groups is 1. The third kappa shape index (κ3) is 4.55. The van der Waals surface area contributed by atoms with Crippen LogP contribution in [0.1, 0.15) is 27.7 Å². The van der Waals surface area contributed by atoms with E-state index in [-0.39, 0.29) is 16.6 Å². The van der Waals surface area contributed by atoms with Crippen molar-refractivity contribution in [1.82, 2.24) is 0 Å². The molecule has 5 nitrogen and oxygen atoms in total. The van der Waals surface area contributed by atoms with Gasteiger partial charge < -0.3 is 14.3 Å². The van der Waals surface area contributed by atoms with Gasteiger partial charge in [-0.3, -0.25) is 4.57 Å². The quantitative estimate of drug-likeness (QED) is 0.365. The van der Waals surface area contributed by atoms with Gasteiger partial charge in [0.15, 0.2) is 0 Å². The molecule has 0 aliphatic heterocycles. The molecule has 0 spiro atoms. The van der Waals surface area contributed by atoms with Gasteiger partial charge in [0.05, 0.1) is 12.2 Å². The second-order valence-corrected chi connectivity index (χ2v) is 6.38. The van der Waals surface area contributed by atoms with Crippen LogP contribution in [0.25, 0.3) is 0 Å². The highest BCUT2D eigenvalue weighted by Crippen LogP contribution is 2.53. The van der Waals surface area contributed by atoms with Crippen LogP contribution in [0.3, 0.4) is 0 Å². The third-order valence-corrected chi connectivity index (χ3v) is 4.41. The minimum Gasteiger partial charge on any atom is -0.410 e. The normalized spacial score (nSPS) is 14.1. The maximum atomic E-state index is 12.0. The highest BCUT2D eigenvalue weighted by atomic mass is 79.9. The van der Waals surface area contributed by atoms with Gasteiger partial charge in [0.2, 0.25) is 4.36 Å². The molecule has 0 aliphatic carbocycles. The zero-order chi connectivity index (χ0) is 11.4. The van der Waals surface area contributed by atoms with Crippen LogP contribution in [0.2, 0.25) is 0 Å². The Morgan fingerprint density at radius 2 is 1.64 bits per heavy atom. The summed E-state index contributed by atoms with van der Waals surface area (Å²) in [6.07, 6.45) is -0.567. The molecule has 0 saturated carbocycles. The summed E-state index contributed by atoms with van der Waals surface area (Å²) in [5, 5.41) is 11.3. The maximum absolute atomic E-state index is 12.0. The molecule has 0 atom stereocenters. The van der Waals surface area contributed by atoms with Gasteiger partial charge >= 0.3 is 7.60 Å². The minimum atomic E-state index is -3.51. The average molecular weight is 288 g/mol. The van der Waals surface area contributed by atoms with Gasteiger partial charge in [-0.05, 0) is 43.6 Å². The lowest BCUT2D eigenvalue weighted by atomic mass is 10.5. The second kappa shape index (κ2) is 5.85. The van der Waals surface area contributed by atoms with Crippen LogP contribution >= 0.6 is 23.5 Å². The standard InChI is InChI=1S/C7H15BrNO4P/c1-5(2)12-14(11,7(8)9-10)13-6(3)4/h5-6,10H,1-4H3.